The van der Waals surface area contributed by atoms with Crippen molar-refractivity contribution in [3.8, 4) is 11.5 Å². The van der Waals surface area contributed by atoms with E-state index in [1.165, 1.54) is 0 Å². The molecule has 0 unspecified atom stereocenters. The van der Waals surface area contributed by atoms with Crippen LogP contribution in [-0.2, 0) is 13.1 Å². The van der Waals surface area contributed by atoms with Gasteiger partial charge in [0.2, 0.25) is 0 Å². The van der Waals surface area contributed by atoms with Crippen molar-refractivity contribution >= 4 is 16.8 Å². The number of fused-ring (bicyclic) bond motifs is 1. The smallest absolute Gasteiger partial charge is 0.317 e. The second kappa shape index (κ2) is 8.45. The molecule has 3 aromatic rings. The molecule has 0 fully saturated rings. The average Bonchev–Trinajstić information content (AvgIpc) is 2.71. The minimum absolute atomic E-state index is 0.118. The van der Waals surface area contributed by atoms with Crippen LogP contribution >= 0.6 is 0 Å². The number of nitrogens with one attached hydrogen (secondary N) is 1. The monoisotopic (exact) mass is 364 g/mol. The highest BCUT2D eigenvalue weighted by Crippen LogP contribution is 2.22. The van der Waals surface area contributed by atoms with Crippen LogP contribution in [0, 0.1) is 0 Å². The Kier molecular flexibility index (Phi) is 5.81. The quantitative estimate of drug-likeness (QED) is 0.713. The summed E-state index contributed by atoms with van der Waals surface area (Å²) in [6, 6.07) is 19.7. The third kappa shape index (κ3) is 4.70. The first-order valence-electron chi connectivity index (χ1n) is 8.77. The number of carbonyl (C=O) groups is 1. The highest BCUT2D eigenvalue weighted by atomic mass is 16.5. The van der Waals surface area contributed by atoms with E-state index in [0.717, 1.165) is 33.4 Å². The lowest BCUT2D eigenvalue weighted by Gasteiger charge is -2.18. The molecule has 0 heterocycles. The van der Waals surface area contributed by atoms with Gasteiger partial charge in [0.15, 0.2) is 0 Å². The van der Waals surface area contributed by atoms with E-state index in [-0.39, 0.29) is 6.03 Å². The van der Waals surface area contributed by atoms with Gasteiger partial charge >= 0.3 is 6.03 Å². The standard InChI is InChI=1S/C22H24N2O3/c1-24(22(25)23-14-16-5-4-6-20(12-16)26-2)15-17-7-8-19-13-21(27-3)10-9-18(19)11-17/h4-13H,14-15H2,1-3H3,(H,23,25). The number of urea groups is 1. The van der Waals surface area contributed by atoms with Crippen molar-refractivity contribution in [1.29, 1.82) is 0 Å². The summed E-state index contributed by atoms with van der Waals surface area (Å²) in [4.78, 5) is 14.1. The number of amides is 2. The summed E-state index contributed by atoms with van der Waals surface area (Å²) in [6.07, 6.45) is 0. The van der Waals surface area contributed by atoms with Gasteiger partial charge < -0.3 is 19.7 Å². The number of nitrogens with zero attached hydrogens (tertiary/aromatic N) is 1. The zero-order valence-electron chi connectivity index (χ0n) is 15.9. The van der Waals surface area contributed by atoms with Gasteiger partial charge in [0.1, 0.15) is 11.5 Å². The van der Waals surface area contributed by atoms with Gasteiger partial charge in [-0.3, -0.25) is 0 Å². The minimum atomic E-state index is -0.118. The number of rotatable bonds is 6. The highest BCUT2D eigenvalue weighted by molar-refractivity contribution is 5.84. The second-order valence-corrected chi connectivity index (χ2v) is 6.41. The molecule has 0 aliphatic carbocycles. The highest BCUT2D eigenvalue weighted by Gasteiger charge is 2.09. The molecule has 0 aliphatic heterocycles. The predicted molar refractivity (Wildman–Crippen MR) is 107 cm³/mol. The number of hydrogen-bond donors (Lipinski definition) is 1. The molecule has 1 N–H and O–H groups in total. The molecule has 3 aromatic carbocycles. The summed E-state index contributed by atoms with van der Waals surface area (Å²) in [5.41, 5.74) is 2.07. The topological polar surface area (TPSA) is 50.8 Å². The number of carbonyl (C=O) groups excluding carboxylic acids is 1. The van der Waals surface area contributed by atoms with Crippen LogP contribution in [0.2, 0.25) is 0 Å². The van der Waals surface area contributed by atoms with E-state index in [9.17, 15) is 4.79 Å². The third-order valence-electron chi connectivity index (χ3n) is 4.46. The first-order chi connectivity index (χ1) is 13.1. The second-order valence-electron chi connectivity index (χ2n) is 6.41. The van der Waals surface area contributed by atoms with Crippen molar-refractivity contribution in [2.45, 2.75) is 13.1 Å². The number of benzene rings is 3. The van der Waals surface area contributed by atoms with Crippen LogP contribution in [0.5, 0.6) is 11.5 Å². The maximum Gasteiger partial charge on any atom is 0.317 e. The van der Waals surface area contributed by atoms with Crippen LogP contribution in [0.15, 0.2) is 60.7 Å². The van der Waals surface area contributed by atoms with Gasteiger partial charge in [0.05, 0.1) is 14.2 Å². The zero-order chi connectivity index (χ0) is 19.2. The fourth-order valence-electron chi connectivity index (χ4n) is 2.94. The van der Waals surface area contributed by atoms with Gasteiger partial charge in [-0.1, -0.05) is 30.3 Å². The normalized spacial score (nSPS) is 10.5. The molecule has 0 atom stereocenters. The summed E-state index contributed by atoms with van der Waals surface area (Å²) in [5, 5.41) is 5.18. The van der Waals surface area contributed by atoms with Crippen molar-refractivity contribution in [2.75, 3.05) is 21.3 Å². The fraction of sp³-hybridized carbons (Fsp3) is 0.227. The zero-order valence-corrected chi connectivity index (χ0v) is 15.9. The van der Waals surface area contributed by atoms with Crippen molar-refractivity contribution < 1.29 is 14.3 Å². The molecular weight excluding hydrogens is 340 g/mol. The van der Waals surface area contributed by atoms with Crippen molar-refractivity contribution in [1.82, 2.24) is 10.2 Å². The van der Waals surface area contributed by atoms with E-state index in [4.69, 9.17) is 9.47 Å². The Morgan fingerprint density at radius 2 is 1.59 bits per heavy atom. The summed E-state index contributed by atoms with van der Waals surface area (Å²) in [5.74, 6) is 1.62. The van der Waals surface area contributed by atoms with Crippen molar-refractivity contribution in [3.05, 3.63) is 71.8 Å². The van der Waals surface area contributed by atoms with Gasteiger partial charge in [-0.25, -0.2) is 4.79 Å². The Bertz CT molecular complexity index is 940. The molecular formula is C22H24N2O3. The van der Waals surface area contributed by atoms with Gasteiger partial charge in [0, 0.05) is 20.1 Å². The van der Waals surface area contributed by atoms with Crippen molar-refractivity contribution in [2.24, 2.45) is 0 Å². The Morgan fingerprint density at radius 3 is 2.37 bits per heavy atom. The Morgan fingerprint density at radius 1 is 0.889 bits per heavy atom. The van der Waals surface area contributed by atoms with Gasteiger partial charge in [-0.15, -0.1) is 0 Å². The number of ether oxygens (including phenoxy) is 2. The van der Waals surface area contributed by atoms with E-state index in [1.54, 1.807) is 26.2 Å². The molecule has 0 aliphatic rings. The molecule has 0 bridgehead atoms. The first kappa shape index (κ1) is 18.6. The maximum absolute atomic E-state index is 12.4. The molecule has 0 saturated heterocycles. The predicted octanol–water partition coefficient (Wildman–Crippen LogP) is 4.20. The summed E-state index contributed by atoms with van der Waals surface area (Å²) in [6.45, 7) is 0.990. The van der Waals surface area contributed by atoms with Gasteiger partial charge in [-0.2, -0.15) is 0 Å². The third-order valence-corrected chi connectivity index (χ3v) is 4.46. The maximum atomic E-state index is 12.4. The molecule has 2 amide bonds. The molecule has 0 saturated carbocycles. The van der Waals surface area contributed by atoms with Gasteiger partial charge in [0.25, 0.3) is 0 Å². The van der Waals surface area contributed by atoms with E-state index in [0.29, 0.717) is 13.1 Å². The van der Waals surface area contributed by atoms with Crippen LogP contribution in [0.3, 0.4) is 0 Å². The molecule has 3 rings (SSSR count). The van der Waals surface area contributed by atoms with Crippen LogP contribution in [0.4, 0.5) is 4.79 Å². The molecule has 5 heteroatoms. The lowest BCUT2D eigenvalue weighted by atomic mass is 10.1. The van der Waals surface area contributed by atoms with Crippen molar-refractivity contribution in [3.63, 3.8) is 0 Å². The first-order valence-corrected chi connectivity index (χ1v) is 8.77. The van der Waals surface area contributed by atoms with E-state index in [1.807, 2.05) is 48.5 Å². The molecule has 140 valence electrons. The number of methoxy groups -OCH3 is 2. The summed E-state index contributed by atoms with van der Waals surface area (Å²) < 4.78 is 10.5. The van der Waals surface area contributed by atoms with E-state index < -0.39 is 0 Å². The Hall–Kier alpha value is -3.21. The minimum Gasteiger partial charge on any atom is -0.497 e. The lowest BCUT2D eigenvalue weighted by Crippen LogP contribution is -2.36. The Balaban J connectivity index is 1.61. The fourth-order valence-corrected chi connectivity index (χ4v) is 2.94. The van der Waals surface area contributed by atoms with Crippen LogP contribution in [0.25, 0.3) is 10.8 Å². The SMILES string of the molecule is COc1cccc(CNC(=O)N(C)Cc2ccc3cc(OC)ccc3c2)c1. The van der Waals surface area contributed by atoms with Crippen LogP contribution < -0.4 is 14.8 Å². The molecule has 5 nitrogen and oxygen atoms in total. The van der Waals surface area contributed by atoms with Gasteiger partial charge in [-0.05, 0) is 52.2 Å². The molecule has 0 aromatic heterocycles. The van der Waals surface area contributed by atoms with Crippen LogP contribution in [0.1, 0.15) is 11.1 Å². The largest absolute Gasteiger partial charge is 0.497 e. The van der Waals surface area contributed by atoms with E-state index in [2.05, 4.69) is 17.4 Å². The molecule has 0 radical (unpaired) electrons. The number of hydrogen-bond acceptors (Lipinski definition) is 3. The average molecular weight is 364 g/mol. The lowest BCUT2D eigenvalue weighted by molar-refractivity contribution is 0.206. The summed E-state index contributed by atoms with van der Waals surface area (Å²) in [7, 11) is 5.08. The summed E-state index contributed by atoms with van der Waals surface area (Å²) >= 11 is 0. The molecule has 27 heavy (non-hydrogen) atoms. The molecule has 0 spiro atoms. The van der Waals surface area contributed by atoms with Crippen LogP contribution in [-0.4, -0.2) is 32.2 Å². The van der Waals surface area contributed by atoms with E-state index >= 15 is 0 Å². The Labute approximate surface area is 159 Å².